The maximum Gasteiger partial charge on any atom is 0.418 e. The zero-order chi connectivity index (χ0) is 23.6. The van der Waals surface area contributed by atoms with E-state index in [0.717, 1.165) is 24.3 Å². The summed E-state index contributed by atoms with van der Waals surface area (Å²) in [7, 11) is 0. The van der Waals surface area contributed by atoms with Gasteiger partial charge in [-0.15, -0.1) is 0 Å². The van der Waals surface area contributed by atoms with Crippen molar-refractivity contribution in [2.45, 2.75) is 6.18 Å². The van der Waals surface area contributed by atoms with Crippen molar-refractivity contribution in [2.24, 2.45) is 0 Å². The van der Waals surface area contributed by atoms with E-state index in [1.54, 1.807) is 0 Å². The van der Waals surface area contributed by atoms with Gasteiger partial charge in [-0.25, -0.2) is 13.7 Å². The number of hydrogen-bond donors (Lipinski definition) is 0. The zero-order valence-electron chi connectivity index (χ0n) is 15.8. The normalized spacial score (nSPS) is 11.2. The number of hydrogen-bond acceptors (Lipinski definition) is 4. The molecule has 0 aromatic heterocycles. The van der Waals surface area contributed by atoms with E-state index in [1.807, 2.05) is 0 Å². The van der Waals surface area contributed by atoms with Crippen LogP contribution in [-0.4, -0.2) is 16.7 Å². The molecule has 3 aromatic carbocycles. The summed E-state index contributed by atoms with van der Waals surface area (Å²) in [6.07, 6.45) is -5.25. The number of nitrogens with zero attached hydrogens (tertiary/aromatic N) is 2. The van der Waals surface area contributed by atoms with Crippen LogP contribution in [0.1, 0.15) is 26.3 Å². The number of rotatable bonds is 4. The van der Waals surface area contributed by atoms with E-state index >= 15 is 0 Å². The van der Waals surface area contributed by atoms with Crippen LogP contribution in [0.4, 0.5) is 33.3 Å². The molecule has 0 atom stereocenters. The Morgan fingerprint density at radius 2 is 1.28 bits per heavy atom. The SMILES string of the molecule is O=C(c1ccccc1F)N(C(=O)c1ccccc1F)c1ccc([N+](=O)[O-])cc1C(F)(F)F. The summed E-state index contributed by atoms with van der Waals surface area (Å²) in [5, 5.41) is 11.0. The second kappa shape index (κ2) is 8.53. The topological polar surface area (TPSA) is 80.5 Å². The first kappa shape index (κ1) is 22.5. The molecule has 2 amide bonds. The number of carbonyl (C=O) groups is 2. The zero-order valence-corrected chi connectivity index (χ0v) is 15.8. The second-order valence-electron chi connectivity index (χ2n) is 6.36. The predicted molar refractivity (Wildman–Crippen MR) is 102 cm³/mol. The molecular formula is C21H11F5N2O4. The molecule has 32 heavy (non-hydrogen) atoms. The first-order chi connectivity index (χ1) is 15.0. The third kappa shape index (κ3) is 4.31. The third-order valence-corrected chi connectivity index (χ3v) is 4.35. The average molecular weight is 450 g/mol. The van der Waals surface area contributed by atoms with Gasteiger partial charge in [0.25, 0.3) is 17.5 Å². The molecule has 0 saturated heterocycles. The molecule has 0 aliphatic heterocycles. The van der Waals surface area contributed by atoms with Gasteiger partial charge in [0.1, 0.15) is 11.6 Å². The highest BCUT2D eigenvalue weighted by atomic mass is 19.4. The second-order valence-corrected chi connectivity index (χ2v) is 6.36. The maximum atomic E-state index is 14.2. The molecule has 0 aliphatic carbocycles. The number of amides is 2. The quantitative estimate of drug-likeness (QED) is 0.231. The van der Waals surface area contributed by atoms with Crippen LogP contribution in [0.3, 0.4) is 0 Å². The van der Waals surface area contributed by atoms with Gasteiger partial charge in [-0.1, -0.05) is 24.3 Å². The average Bonchev–Trinajstić information content (AvgIpc) is 2.73. The fourth-order valence-electron chi connectivity index (χ4n) is 2.88. The van der Waals surface area contributed by atoms with Gasteiger partial charge in [0.2, 0.25) is 0 Å². The number of halogens is 5. The van der Waals surface area contributed by atoms with Crippen LogP contribution in [0, 0.1) is 21.7 Å². The molecule has 3 aromatic rings. The van der Waals surface area contributed by atoms with E-state index in [2.05, 4.69) is 0 Å². The van der Waals surface area contributed by atoms with E-state index in [4.69, 9.17) is 0 Å². The first-order valence-corrected chi connectivity index (χ1v) is 8.76. The molecule has 0 bridgehead atoms. The van der Waals surface area contributed by atoms with E-state index in [-0.39, 0.29) is 11.0 Å². The summed E-state index contributed by atoms with van der Waals surface area (Å²) in [4.78, 5) is 35.9. The Balaban J connectivity index is 2.30. The molecule has 0 aliphatic rings. The largest absolute Gasteiger partial charge is 0.418 e. The van der Waals surface area contributed by atoms with Crippen molar-refractivity contribution in [3.05, 3.63) is 105 Å². The molecule has 0 unspecified atom stereocenters. The first-order valence-electron chi connectivity index (χ1n) is 8.76. The summed E-state index contributed by atoms with van der Waals surface area (Å²) in [5.74, 6) is -5.31. The van der Waals surface area contributed by atoms with Crippen molar-refractivity contribution >= 4 is 23.2 Å². The van der Waals surface area contributed by atoms with Crippen LogP contribution in [-0.2, 0) is 6.18 Å². The molecule has 0 N–H and O–H groups in total. The fourth-order valence-corrected chi connectivity index (χ4v) is 2.88. The smallest absolute Gasteiger partial charge is 0.268 e. The fraction of sp³-hybridized carbons (Fsp3) is 0.0476. The summed E-state index contributed by atoms with van der Waals surface area (Å²) >= 11 is 0. The van der Waals surface area contributed by atoms with Crippen LogP contribution in [0.2, 0.25) is 0 Å². The minimum absolute atomic E-state index is 0.0522. The monoisotopic (exact) mass is 450 g/mol. The Hall–Kier alpha value is -4.15. The summed E-state index contributed by atoms with van der Waals surface area (Å²) in [6.45, 7) is 0. The molecular weight excluding hydrogens is 439 g/mol. The van der Waals surface area contributed by atoms with Crippen LogP contribution >= 0.6 is 0 Å². The summed E-state index contributed by atoms with van der Waals surface area (Å²) < 4.78 is 69.6. The summed E-state index contributed by atoms with van der Waals surface area (Å²) in [6, 6.07) is 9.69. The highest BCUT2D eigenvalue weighted by Crippen LogP contribution is 2.40. The van der Waals surface area contributed by atoms with Crippen molar-refractivity contribution in [2.75, 3.05) is 4.90 Å². The third-order valence-electron chi connectivity index (χ3n) is 4.35. The lowest BCUT2D eigenvalue weighted by molar-refractivity contribution is -0.385. The van der Waals surface area contributed by atoms with Crippen molar-refractivity contribution in [1.82, 2.24) is 0 Å². The van der Waals surface area contributed by atoms with Crippen LogP contribution in [0.25, 0.3) is 0 Å². The highest BCUT2D eigenvalue weighted by molar-refractivity contribution is 6.26. The molecule has 164 valence electrons. The minimum Gasteiger partial charge on any atom is -0.268 e. The summed E-state index contributed by atoms with van der Waals surface area (Å²) in [5.41, 5.74) is -5.31. The predicted octanol–water partition coefficient (Wildman–Crippen LogP) is 5.38. The van der Waals surface area contributed by atoms with E-state index < -0.39 is 62.6 Å². The molecule has 0 spiro atoms. The Kier molecular flexibility index (Phi) is 6.01. The van der Waals surface area contributed by atoms with Crippen molar-refractivity contribution in [3.63, 3.8) is 0 Å². The number of nitro groups is 1. The number of anilines is 1. The van der Waals surface area contributed by atoms with Gasteiger partial charge in [-0.3, -0.25) is 19.7 Å². The van der Waals surface area contributed by atoms with Gasteiger partial charge in [0, 0.05) is 12.1 Å². The number of benzene rings is 3. The Labute approximate surface area is 176 Å². The molecule has 0 saturated carbocycles. The van der Waals surface area contributed by atoms with E-state index in [9.17, 15) is 41.7 Å². The van der Waals surface area contributed by atoms with Gasteiger partial charge in [0.15, 0.2) is 0 Å². The molecule has 0 radical (unpaired) electrons. The number of alkyl halides is 3. The number of nitro benzene ring substituents is 1. The number of imide groups is 1. The lowest BCUT2D eigenvalue weighted by Crippen LogP contribution is -2.39. The van der Waals surface area contributed by atoms with E-state index in [1.165, 1.54) is 24.3 Å². The Morgan fingerprint density at radius 3 is 1.69 bits per heavy atom. The highest BCUT2D eigenvalue weighted by Gasteiger charge is 2.40. The number of carbonyl (C=O) groups excluding carboxylic acids is 2. The van der Waals surface area contributed by atoms with Crippen LogP contribution < -0.4 is 4.90 Å². The molecule has 3 rings (SSSR count). The molecule has 0 fully saturated rings. The van der Waals surface area contributed by atoms with Gasteiger partial charge < -0.3 is 0 Å². The Bertz CT molecular complexity index is 1170. The van der Waals surface area contributed by atoms with Gasteiger partial charge >= 0.3 is 6.18 Å². The standard InChI is InChI=1S/C21H11F5N2O4/c22-16-7-3-1-5-13(16)19(29)27(20(30)14-6-2-4-8-17(14)23)18-10-9-12(28(31)32)11-15(18)21(24,25)26/h1-11H. The molecule has 11 heteroatoms. The van der Waals surface area contributed by atoms with Crippen LogP contribution in [0.15, 0.2) is 66.7 Å². The lowest BCUT2D eigenvalue weighted by atomic mass is 10.1. The van der Waals surface area contributed by atoms with Crippen LogP contribution in [0.5, 0.6) is 0 Å². The van der Waals surface area contributed by atoms with E-state index in [0.29, 0.717) is 12.1 Å². The minimum atomic E-state index is -5.25. The van der Waals surface area contributed by atoms with Crippen molar-refractivity contribution in [3.8, 4) is 0 Å². The van der Waals surface area contributed by atoms with Gasteiger partial charge in [-0.2, -0.15) is 13.2 Å². The Morgan fingerprint density at radius 1 is 0.812 bits per heavy atom. The molecule has 6 nitrogen and oxygen atoms in total. The van der Waals surface area contributed by atoms with Crippen molar-refractivity contribution < 1.29 is 36.5 Å². The van der Waals surface area contributed by atoms with Crippen molar-refractivity contribution in [1.29, 1.82) is 0 Å². The molecule has 0 heterocycles. The maximum absolute atomic E-state index is 14.2. The van der Waals surface area contributed by atoms with Gasteiger partial charge in [0.05, 0.1) is 27.3 Å². The van der Waals surface area contributed by atoms with Gasteiger partial charge in [-0.05, 0) is 30.3 Å². The lowest BCUT2D eigenvalue weighted by Gasteiger charge is -2.25. The number of non-ortho nitro benzene ring substituents is 1.